The van der Waals surface area contributed by atoms with Crippen LogP contribution < -0.4 is 5.32 Å². The number of nitrogens with one attached hydrogen (secondary N) is 1. The summed E-state index contributed by atoms with van der Waals surface area (Å²) in [5, 5.41) is 4.23. The minimum Gasteiger partial charge on any atom is -0.350 e. The summed E-state index contributed by atoms with van der Waals surface area (Å²) < 4.78 is 24.9. The number of carbonyl (C=O) groups excluding carboxylic acids is 1. The first kappa shape index (κ1) is 10.5. The summed E-state index contributed by atoms with van der Waals surface area (Å²) in [7, 11) is 0. The molecular weight excluding hydrogens is 222 g/mol. The van der Waals surface area contributed by atoms with Gasteiger partial charge < -0.3 is 5.32 Å². The highest BCUT2D eigenvalue weighted by atomic mass is 32.1. The zero-order valence-electron chi connectivity index (χ0n) is 7.87. The second-order valence-electron chi connectivity index (χ2n) is 3.71. The molecule has 1 heterocycles. The number of rotatable bonds is 3. The third-order valence-electron chi connectivity index (χ3n) is 2.39. The first-order chi connectivity index (χ1) is 7.07. The Morgan fingerprint density at radius 1 is 1.67 bits per heavy atom. The van der Waals surface area contributed by atoms with E-state index in [-0.39, 0.29) is 24.7 Å². The van der Waals surface area contributed by atoms with E-state index in [1.807, 2.05) is 0 Å². The fourth-order valence-electron chi connectivity index (χ4n) is 1.58. The summed E-state index contributed by atoms with van der Waals surface area (Å²) in [5.74, 6) is -2.90. The molecule has 1 aliphatic rings. The van der Waals surface area contributed by atoms with E-state index in [0.717, 1.165) is 0 Å². The molecule has 1 aromatic rings. The van der Waals surface area contributed by atoms with E-state index in [1.54, 1.807) is 10.9 Å². The van der Waals surface area contributed by atoms with Crippen molar-refractivity contribution in [2.75, 3.05) is 6.54 Å². The second-order valence-corrected chi connectivity index (χ2v) is 4.43. The molecule has 1 aliphatic carbocycles. The highest BCUT2D eigenvalue weighted by Crippen LogP contribution is 2.41. The molecule has 6 heteroatoms. The van der Waals surface area contributed by atoms with E-state index >= 15 is 0 Å². The number of amides is 1. The Bertz CT molecular complexity index is 345. The van der Waals surface area contributed by atoms with E-state index < -0.39 is 5.92 Å². The molecule has 1 aromatic heterocycles. The van der Waals surface area contributed by atoms with Crippen molar-refractivity contribution in [3.8, 4) is 0 Å². The van der Waals surface area contributed by atoms with E-state index in [1.165, 1.54) is 11.3 Å². The molecule has 0 unspecified atom stereocenters. The summed E-state index contributed by atoms with van der Waals surface area (Å²) >= 11 is 1.33. The number of nitrogens with zero attached hydrogens (tertiary/aromatic N) is 1. The van der Waals surface area contributed by atoms with Crippen LogP contribution in [-0.2, 0) is 0 Å². The quantitative estimate of drug-likeness (QED) is 0.865. The second kappa shape index (κ2) is 3.84. The number of hydrogen-bond donors (Lipinski definition) is 1. The first-order valence-corrected chi connectivity index (χ1v) is 5.55. The third kappa shape index (κ3) is 2.50. The van der Waals surface area contributed by atoms with Crippen molar-refractivity contribution in [1.82, 2.24) is 10.3 Å². The molecule has 0 bridgehead atoms. The van der Waals surface area contributed by atoms with Crippen molar-refractivity contribution in [3.05, 3.63) is 16.6 Å². The van der Waals surface area contributed by atoms with Gasteiger partial charge in [0, 0.05) is 24.8 Å². The van der Waals surface area contributed by atoms with Gasteiger partial charge in [0.25, 0.3) is 5.91 Å². The van der Waals surface area contributed by atoms with E-state index in [2.05, 4.69) is 10.3 Å². The molecule has 1 fully saturated rings. The summed E-state index contributed by atoms with van der Waals surface area (Å²) in [6, 6.07) is 0. The van der Waals surface area contributed by atoms with Crippen molar-refractivity contribution in [2.45, 2.75) is 18.8 Å². The molecule has 2 rings (SSSR count). The van der Waals surface area contributed by atoms with Gasteiger partial charge in [-0.15, -0.1) is 11.3 Å². The normalized spacial score (nSPS) is 19.6. The minimum absolute atomic E-state index is 0.0948. The van der Waals surface area contributed by atoms with Crippen LogP contribution in [0.3, 0.4) is 0 Å². The lowest BCUT2D eigenvalue weighted by Crippen LogP contribution is -2.42. The molecule has 0 spiro atoms. The Morgan fingerprint density at radius 3 is 2.93 bits per heavy atom. The smallest absolute Gasteiger partial charge is 0.270 e. The van der Waals surface area contributed by atoms with Crippen molar-refractivity contribution in [1.29, 1.82) is 0 Å². The molecule has 0 saturated heterocycles. The van der Waals surface area contributed by atoms with Crippen LogP contribution in [0.5, 0.6) is 0 Å². The standard InChI is InChI=1S/C9H10F2N2OS/c10-9(11)1-6(2-9)3-12-8(14)7-4-15-5-13-7/h4-6H,1-3H2,(H,12,14). The van der Waals surface area contributed by atoms with Crippen LogP contribution in [-0.4, -0.2) is 23.4 Å². The van der Waals surface area contributed by atoms with Gasteiger partial charge in [-0.2, -0.15) is 0 Å². The van der Waals surface area contributed by atoms with Crippen LogP contribution in [0, 0.1) is 5.92 Å². The number of halogens is 2. The number of carbonyl (C=O) groups is 1. The molecule has 0 aromatic carbocycles. The molecule has 1 N–H and O–H groups in total. The lowest BCUT2D eigenvalue weighted by Gasteiger charge is -2.34. The van der Waals surface area contributed by atoms with Crippen LogP contribution in [0.15, 0.2) is 10.9 Å². The lowest BCUT2D eigenvalue weighted by molar-refractivity contribution is -0.108. The van der Waals surface area contributed by atoms with Crippen molar-refractivity contribution in [3.63, 3.8) is 0 Å². The highest BCUT2D eigenvalue weighted by molar-refractivity contribution is 7.07. The maximum absolute atomic E-state index is 12.5. The molecule has 3 nitrogen and oxygen atoms in total. The van der Waals surface area contributed by atoms with Crippen LogP contribution >= 0.6 is 11.3 Å². The van der Waals surface area contributed by atoms with Gasteiger partial charge in [0.2, 0.25) is 5.92 Å². The molecule has 15 heavy (non-hydrogen) atoms. The van der Waals surface area contributed by atoms with Gasteiger partial charge in [-0.1, -0.05) is 0 Å². The van der Waals surface area contributed by atoms with Crippen molar-refractivity contribution < 1.29 is 13.6 Å². The molecule has 0 atom stereocenters. The molecular formula is C9H10F2N2OS. The summed E-state index contributed by atoms with van der Waals surface area (Å²) in [6.07, 6.45) is -0.241. The molecule has 1 amide bonds. The van der Waals surface area contributed by atoms with Crippen LogP contribution in [0.2, 0.25) is 0 Å². The highest BCUT2D eigenvalue weighted by Gasteiger charge is 2.44. The molecule has 0 aliphatic heterocycles. The minimum atomic E-state index is -2.52. The fraction of sp³-hybridized carbons (Fsp3) is 0.556. The average Bonchev–Trinajstić information content (AvgIpc) is 2.63. The predicted octanol–water partition coefficient (Wildman–Crippen LogP) is 1.92. The Labute approximate surface area is 89.5 Å². The average molecular weight is 232 g/mol. The molecule has 82 valence electrons. The predicted molar refractivity (Wildman–Crippen MR) is 52.1 cm³/mol. The van der Waals surface area contributed by atoms with Crippen LogP contribution in [0.25, 0.3) is 0 Å². The number of alkyl halides is 2. The third-order valence-corrected chi connectivity index (χ3v) is 2.98. The van der Waals surface area contributed by atoms with Crippen molar-refractivity contribution in [2.24, 2.45) is 5.92 Å². The fourth-order valence-corrected chi connectivity index (χ4v) is 2.11. The van der Waals surface area contributed by atoms with E-state index in [0.29, 0.717) is 12.2 Å². The Morgan fingerprint density at radius 2 is 2.40 bits per heavy atom. The van der Waals surface area contributed by atoms with Gasteiger partial charge in [0.1, 0.15) is 5.69 Å². The maximum Gasteiger partial charge on any atom is 0.270 e. The Hall–Kier alpha value is -1.04. The van der Waals surface area contributed by atoms with Gasteiger partial charge in [0.15, 0.2) is 0 Å². The Balaban J connectivity index is 1.74. The lowest BCUT2D eigenvalue weighted by atomic mass is 9.81. The van der Waals surface area contributed by atoms with Gasteiger partial charge in [-0.05, 0) is 5.92 Å². The number of hydrogen-bond acceptors (Lipinski definition) is 3. The molecule has 0 radical (unpaired) electrons. The topological polar surface area (TPSA) is 42.0 Å². The maximum atomic E-state index is 12.5. The number of thiazole rings is 1. The zero-order valence-corrected chi connectivity index (χ0v) is 8.69. The van der Waals surface area contributed by atoms with E-state index in [4.69, 9.17) is 0 Å². The largest absolute Gasteiger partial charge is 0.350 e. The monoisotopic (exact) mass is 232 g/mol. The number of aromatic nitrogens is 1. The summed E-state index contributed by atoms with van der Waals surface area (Å²) in [6.45, 7) is 0.311. The zero-order chi connectivity index (χ0) is 10.9. The Kier molecular flexibility index (Phi) is 2.68. The van der Waals surface area contributed by atoms with Gasteiger partial charge in [-0.25, -0.2) is 13.8 Å². The van der Waals surface area contributed by atoms with Crippen molar-refractivity contribution >= 4 is 17.2 Å². The van der Waals surface area contributed by atoms with E-state index in [9.17, 15) is 13.6 Å². The van der Waals surface area contributed by atoms with Crippen LogP contribution in [0.4, 0.5) is 8.78 Å². The van der Waals surface area contributed by atoms with Gasteiger partial charge >= 0.3 is 0 Å². The van der Waals surface area contributed by atoms with Gasteiger partial charge in [-0.3, -0.25) is 4.79 Å². The first-order valence-electron chi connectivity index (χ1n) is 4.61. The summed E-state index contributed by atoms with van der Waals surface area (Å²) in [5.41, 5.74) is 1.91. The van der Waals surface area contributed by atoms with Crippen LogP contribution in [0.1, 0.15) is 23.3 Å². The summed E-state index contributed by atoms with van der Waals surface area (Å²) in [4.78, 5) is 15.2. The molecule has 1 saturated carbocycles. The van der Waals surface area contributed by atoms with Gasteiger partial charge in [0.05, 0.1) is 5.51 Å². The SMILES string of the molecule is O=C(NCC1CC(F)(F)C1)c1cscn1.